The Bertz CT molecular complexity index is 599. The predicted molar refractivity (Wildman–Crippen MR) is 77.5 cm³/mol. The summed E-state index contributed by atoms with van der Waals surface area (Å²) in [6, 6.07) is 7.12. The van der Waals surface area contributed by atoms with E-state index in [1.54, 1.807) is 19.2 Å². The molecule has 0 amide bonds. The van der Waals surface area contributed by atoms with E-state index in [1.807, 2.05) is 26.0 Å². The number of hydrogen-bond donors (Lipinski definition) is 1. The molecule has 0 bridgehead atoms. The van der Waals surface area contributed by atoms with E-state index >= 15 is 0 Å². The van der Waals surface area contributed by atoms with Crippen molar-refractivity contribution in [1.29, 1.82) is 0 Å². The van der Waals surface area contributed by atoms with E-state index < -0.39 is 0 Å². The van der Waals surface area contributed by atoms with Crippen LogP contribution in [0.5, 0.6) is 5.75 Å². The minimum atomic E-state index is 0.201. The highest BCUT2D eigenvalue weighted by atomic mass is 35.5. The summed E-state index contributed by atoms with van der Waals surface area (Å²) in [5.74, 6) is 2.05. The maximum atomic E-state index is 6.04. The quantitative estimate of drug-likeness (QED) is 0.932. The van der Waals surface area contributed by atoms with Gasteiger partial charge >= 0.3 is 0 Å². The van der Waals surface area contributed by atoms with Crippen molar-refractivity contribution in [2.75, 3.05) is 12.8 Å². The van der Waals surface area contributed by atoms with Crippen LogP contribution in [-0.4, -0.2) is 17.1 Å². The van der Waals surface area contributed by atoms with Gasteiger partial charge in [0, 0.05) is 22.6 Å². The third kappa shape index (κ3) is 2.96. The summed E-state index contributed by atoms with van der Waals surface area (Å²) >= 11 is 6.04. The third-order valence-electron chi connectivity index (χ3n) is 2.72. The summed E-state index contributed by atoms with van der Waals surface area (Å²) in [5, 5.41) is 0.624. The number of ether oxygens (including phenoxy) is 1. The molecule has 1 aromatic carbocycles. The molecular weight excluding hydrogens is 262 g/mol. The van der Waals surface area contributed by atoms with Crippen LogP contribution < -0.4 is 10.5 Å². The minimum Gasteiger partial charge on any atom is -0.496 e. The van der Waals surface area contributed by atoms with Crippen LogP contribution in [-0.2, 0) is 0 Å². The first kappa shape index (κ1) is 13.6. The Morgan fingerprint density at radius 3 is 2.58 bits per heavy atom. The molecule has 0 aliphatic rings. The topological polar surface area (TPSA) is 61.0 Å². The Kier molecular flexibility index (Phi) is 3.90. The van der Waals surface area contributed by atoms with Crippen LogP contribution in [0.25, 0.3) is 11.3 Å². The Balaban J connectivity index is 2.61. The number of nitrogens with two attached hydrogens (primary N) is 1. The molecular formula is C14H16ClN3O. The Morgan fingerprint density at radius 2 is 1.95 bits per heavy atom. The van der Waals surface area contributed by atoms with Crippen LogP contribution in [0.4, 0.5) is 5.82 Å². The summed E-state index contributed by atoms with van der Waals surface area (Å²) in [4.78, 5) is 8.75. The molecule has 0 atom stereocenters. The molecule has 2 aromatic rings. The number of anilines is 1. The number of halogens is 1. The molecule has 5 heteroatoms. The number of rotatable bonds is 3. The fraction of sp³-hybridized carbons (Fsp3) is 0.286. The third-order valence-corrected chi connectivity index (χ3v) is 2.95. The first-order valence-electron chi connectivity index (χ1n) is 5.99. The van der Waals surface area contributed by atoms with Crippen LogP contribution >= 0.6 is 11.6 Å². The van der Waals surface area contributed by atoms with Gasteiger partial charge in [-0.25, -0.2) is 9.97 Å². The first-order chi connectivity index (χ1) is 9.01. The number of nitrogen functional groups attached to an aromatic ring is 1. The van der Waals surface area contributed by atoms with Gasteiger partial charge in [-0.2, -0.15) is 0 Å². The number of methoxy groups -OCH3 is 1. The Morgan fingerprint density at radius 1 is 1.21 bits per heavy atom. The molecule has 0 aliphatic heterocycles. The smallest absolute Gasteiger partial charge is 0.133 e. The molecule has 4 nitrogen and oxygen atoms in total. The normalized spacial score (nSPS) is 10.8. The van der Waals surface area contributed by atoms with Gasteiger partial charge < -0.3 is 10.5 Å². The standard InChI is InChI=1S/C14H16ClN3O/c1-8(2)14-17-11(7-13(16)18-14)10-6-9(15)4-5-12(10)19-3/h4-8H,1-3H3,(H2,16,17,18). The van der Waals surface area contributed by atoms with Crippen molar-refractivity contribution >= 4 is 17.4 Å². The molecule has 100 valence electrons. The van der Waals surface area contributed by atoms with Crippen molar-refractivity contribution in [3.8, 4) is 17.0 Å². The molecule has 0 aliphatic carbocycles. The first-order valence-corrected chi connectivity index (χ1v) is 6.37. The van der Waals surface area contributed by atoms with Gasteiger partial charge in [-0.05, 0) is 18.2 Å². The SMILES string of the molecule is COc1ccc(Cl)cc1-c1cc(N)nc(C(C)C)n1. The van der Waals surface area contributed by atoms with Gasteiger partial charge in [-0.1, -0.05) is 25.4 Å². The summed E-state index contributed by atoms with van der Waals surface area (Å²) in [6.45, 7) is 4.04. The monoisotopic (exact) mass is 277 g/mol. The van der Waals surface area contributed by atoms with Gasteiger partial charge in [0.2, 0.25) is 0 Å². The molecule has 0 fully saturated rings. The highest BCUT2D eigenvalue weighted by Crippen LogP contribution is 2.32. The van der Waals surface area contributed by atoms with E-state index in [0.717, 1.165) is 11.3 Å². The van der Waals surface area contributed by atoms with Crippen molar-refractivity contribution in [2.24, 2.45) is 0 Å². The van der Waals surface area contributed by atoms with Crippen molar-refractivity contribution in [3.05, 3.63) is 35.1 Å². The molecule has 0 saturated heterocycles. The zero-order chi connectivity index (χ0) is 14.0. The molecule has 2 rings (SSSR count). The number of benzene rings is 1. The van der Waals surface area contributed by atoms with Crippen LogP contribution in [0.3, 0.4) is 0 Å². The largest absolute Gasteiger partial charge is 0.496 e. The lowest BCUT2D eigenvalue weighted by Crippen LogP contribution is -2.03. The number of aromatic nitrogens is 2. The molecule has 0 radical (unpaired) electrons. The van der Waals surface area contributed by atoms with Crippen molar-refractivity contribution < 1.29 is 4.74 Å². The second-order valence-electron chi connectivity index (χ2n) is 4.54. The van der Waals surface area contributed by atoms with Gasteiger partial charge in [0.25, 0.3) is 0 Å². The van der Waals surface area contributed by atoms with Gasteiger partial charge in [-0.15, -0.1) is 0 Å². The summed E-state index contributed by atoms with van der Waals surface area (Å²) in [5.41, 5.74) is 7.37. The Labute approximate surface area is 117 Å². The second-order valence-corrected chi connectivity index (χ2v) is 4.97. The summed E-state index contributed by atoms with van der Waals surface area (Å²) < 4.78 is 5.34. The van der Waals surface area contributed by atoms with Gasteiger partial charge in [0.1, 0.15) is 17.4 Å². The summed E-state index contributed by atoms with van der Waals surface area (Å²) in [6.07, 6.45) is 0. The van der Waals surface area contributed by atoms with Crippen LogP contribution in [0.2, 0.25) is 5.02 Å². The van der Waals surface area contributed by atoms with E-state index in [9.17, 15) is 0 Å². The maximum Gasteiger partial charge on any atom is 0.133 e. The van der Waals surface area contributed by atoms with Crippen molar-refractivity contribution in [2.45, 2.75) is 19.8 Å². The van der Waals surface area contributed by atoms with E-state index in [-0.39, 0.29) is 5.92 Å². The molecule has 0 unspecified atom stereocenters. The van der Waals surface area contributed by atoms with E-state index in [0.29, 0.717) is 22.4 Å². The zero-order valence-corrected chi connectivity index (χ0v) is 11.9. The molecule has 0 spiro atoms. The van der Waals surface area contributed by atoms with Gasteiger partial charge in [0.05, 0.1) is 12.8 Å². The number of hydrogen-bond acceptors (Lipinski definition) is 4. The van der Waals surface area contributed by atoms with Crippen LogP contribution in [0, 0.1) is 0 Å². The maximum absolute atomic E-state index is 6.04. The zero-order valence-electron chi connectivity index (χ0n) is 11.1. The summed E-state index contributed by atoms with van der Waals surface area (Å²) in [7, 11) is 1.61. The van der Waals surface area contributed by atoms with Crippen molar-refractivity contribution in [3.63, 3.8) is 0 Å². The van der Waals surface area contributed by atoms with E-state index in [2.05, 4.69) is 9.97 Å². The lowest BCUT2D eigenvalue weighted by Gasteiger charge is -2.11. The molecule has 1 heterocycles. The highest BCUT2D eigenvalue weighted by Gasteiger charge is 2.12. The number of nitrogens with zero attached hydrogens (tertiary/aromatic N) is 2. The fourth-order valence-electron chi connectivity index (χ4n) is 1.76. The lowest BCUT2D eigenvalue weighted by molar-refractivity contribution is 0.416. The fourth-order valence-corrected chi connectivity index (χ4v) is 1.93. The Hall–Kier alpha value is -1.81. The molecule has 0 saturated carbocycles. The average Bonchev–Trinajstić information content (AvgIpc) is 2.37. The second kappa shape index (κ2) is 5.45. The molecule has 1 aromatic heterocycles. The van der Waals surface area contributed by atoms with Crippen LogP contribution in [0.15, 0.2) is 24.3 Å². The van der Waals surface area contributed by atoms with Crippen molar-refractivity contribution in [1.82, 2.24) is 9.97 Å². The van der Waals surface area contributed by atoms with Gasteiger partial charge in [0.15, 0.2) is 0 Å². The van der Waals surface area contributed by atoms with E-state index in [4.69, 9.17) is 22.1 Å². The van der Waals surface area contributed by atoms with E-state index in [1.165, 1.54) is 0 Å². The van der Waals surface area contributed by atoms with Crippen LogP contribution in [0.1, 0.15) is 25.6 Å². The molecule has 2 N–H and O–H groups in total. The predicted octanol–water partition coefficient (Wildman–Crippen LogP) is 3.51. The average molecular weight is 278 g/mol. The minimum absolute atomic E-state index is 0.201. The lowest BCUT2D eigenvalue weighted by atomic mass is 10.1. The molecule has 19 heavy (non-hydrogen) atoms. The van der Waals surface area contributed by atoms with Gasteiger partial charge in [-0.3, -0.25) is 0 Å². The highest BCUT2D eigenvalue weighted by molar-refractivity contribution is 6.30.